The first-order chi connectivity index (χ1) is 8.00. The van der Waals surface area contributed by atoms with E-state index in [9.17, 15) is 14.4 Å². The Labute approximate surface area is 118 Å². The fourth-order valence-corrected chi connectivity index (χ4v) is 4.69. The Morgan fingerprint density at radius 3 is 2.35 bits per heavy atom. The van der Waals surface area contributed by atoms with Crippen LogP contribution in [0.4, 0.5) is 0 Å². The van der Waals surface area contributed by atoms with E-state index in [1.165, 1.54) is 10.8 Å². The lowest BCUT2D eigenvalue weighted by molar-refractivity contribution is -0.122. The van der Waals surface area contributed by atoms with Crippen LogP contribution >= 0.6 is 43.2 Å². The molecule has 3 nitrogen and oxygen atoms in total. The van der Waals surface area contributed by atoms with Gasteiger partial charge < -0.3 is 4.79 Å². The van der Waals surface area contributed by atoms with Gasteiger partial charge in [0.05, 0.1) is 0 Å². The van der Waals surface area contributed by atoms with Gasteiger partial charge in [0.25, 0.3) is 0 Å². The molecule has 17 heavy (non-hydrogen) atoms. The van der Waals surface area contributed by atoms with Crippen LogP contribution in [0.2, 0.25) is 0 Å². The number of ketones is 2. The SMILES string of the molecule is CC(=O)C1SS1.CC(=O)CC1CCSSC1=O.[HH]. The van der Waals surface area contributed by atoms with E-state index >= 15 is 0 Å². The normalized spacial score (nSPS) is 23.6. The molecule has 0 aromatic rings. The maximum atomic E-state index is 11.1. The van der Waals surface area contributed by atoms with Crippen molar-refractivity contribution in [2.45, 2.75) is 31.3 Å². The van der Waals surface area contributed by atoms with Crippen LogP contribution in [-0.2, 0) is 14.4 Å². The number of Topliss-reactive ketones (excluding diaryl/α,β-unsaturated/α-hetero) is 2. The molecule has 0 aromatic heterocycles. The van der Waals surface area contributed by atoms with Crippen LogP contribution in [0.15, 0.2) is 0 Å². The maximum Gasteiger partial charge on any atom is 0.202 e. The van der Waals surface area contributed by atoms with Gasteiger partial charge in [0.15, 0.2) is 5.78 Å². The molecule has 0 spiro atoms. The molecule has 7 heteroatoms. The molecule has 0 aromatic carbocycles. The van der Waals surface area contributed by atoms with Crippen molar-refractivity contribution < 1.29 is 15.8 Å². The summed E-state index contributed by atoms with van der Waals surface area (Å²) < 4.78 is 0.296. The molecule has 0 N–H and O–H groups in total. The van der Waals surface area contributed by atoms with Crippen molar-refractivity contribution in [2.75, 3.05) is 5.75 Å². The Morgan fingerprint density at radius 1 is 1.35 bits per heavy atom. The third-order valence-corrected chi connectivity index (χ3v) is 6.65. The summed E-state index contributed by atoms with van der Waals surface area (Å²) in [7, 11) is 6.17. The summed E-state index contributed by atoms with van der Waals surface area (Å²) >= 11 is 0. The van der Waals surface area contributed by atoms with Gasteiger partial charge in [-0.25, -0.2) is 0 Å². The smallest absolute Gasteiger partial charge is 0.202 e. The van der Waals surface area contributed by atoms with E-state index in [1.54, 1.807) is 46.2 Å². The molecule has 2 fully saturated rings. The van der Waals surface area contributed by atoms with Crippen LogP contribution in [-0.4, -0.2) is 27.0 Å². The molecule has 2 aliphatic rings. The number of hydrogen-bond acceptors (Lipinski definition) is 7. The second-order valence-electron chi connectivity index (χ2n) is 3.75. The minimum absolute atomic E-state index is 0. The van der Waals surface area contributed by atoms with E-state index in [-0.39, 0.29) is 18.2 Å². The molecule has 0 aliphatic carbocycles. The standard InChI is InChI=1S/C7H10O2S2.C3H4OS2.H2/c1-5(8)4-6-2-3-10-11-7(6)9;1-2(4)3-5-6-3;/h6H,2-4H2,1H3;3H,1H3;1H. The molecule has 0 saturated carbocycles. The lowest BCUT2D eigenvalue weighted by atomic mass is 10.0. The Hall–Kier alpha value is 0.410. The summed E-state index contributed by atoms with van der Waals surface area (Å²) in [6.45, 7) is 3.16. The van der Waals surface area contributed by atoms with Crippen molar-refractivity contribution in [3.05, 3.63) is 0 Å². The van der Waals surface area contributed by atoms with Gasteiger partial charge in [0.2, 0.25) is 5.12 Å². The fourth-order valence-electron chi connectivity index (χ4n) is 1.17. The predicted octanol–water partition coefficient (Wildman–Crippen LogP) is 3.44. The van der Waals surface area contributed by atoms with Gasteiger partial charge in [-0.1, -0.05) is 32.4 Å². The monoisotopic (exact) mass is 312 g/mol. The van der Waals surface area contributed by atoms with Crippen molar-refractivity contribution >= 4 is 59.9 Å². The molecule has 0 bridgehead atoms. The zero-order valence-corrected chi connectivity index (χ0v) is 12.9. The van der Waals surface area contributed by atoms with Crippen molar-refractivity contribution in [1.29, 1.82) is 0 Å². The molecular weight excluding hydrogens is 296 g/mol. The van der Waals surface area contributed by atoms with Crippen LogP contribution in [0.25, 0.3) is 0 Å². The number of carbonyl (C=O) groups excluding carboxylic acids is 3. The number of carbonyl (C=O) groups is 3. The van der Waals surface area contributed by atoms with E-state index in [1.807, 2.05) is 0 Å². The Morgan fingerprint density at radius 2 is 2.00 bits per heavy atom. The largest absolute Gasteiger partial charge is 0.300 e. The zero-order valence-electron chi connectivity index (χ0n) is 9.63. The van der Waals surface area contributed by atoms with Gasteiger partial charge in [-0.3, -0.25) is 9.59 Å². The topological polar surface area (TPSA) is 51.2 Å². The molecule has 1 unspecified atom stereocenters. The minimum Gasteiger partial charge on any atom is -0.300 e. The van der Waals surface area contributed by atoms with Crippen LogP contribution in [0.1, 0.15) is 28.1 Å². The van der Waals surface area contributed by atoms with Crippen molar-refractivity contribution in [3.8, 4) is 0 Å². The molecule has 2 heterocycles. The van der Waals surface area contributed by atoms with Gasteiger partial charge in [-0.2, -0.15) is 0 Å². The van der Waals surface area contributed by atoms with E-state index in [4.69, 9.17) is 0 Å². The summed E-state index contributed by atoms with van der Waals surface area (Å²) in [5.74, 6) is 1.41. The summed E-state index contributed by atoms with van der Waals surface area (Å²) in [6, 6.07) is 0. The number of rotatable bonds is 3. The first-order valence-corrected chi connectivity index (χ1v) is 9.75. The molecule has 0 radical (unpaired) electrons. The molecule has 1 atom stereocenters. The van der Waals surface area contributed by atoms with Crippen molar-refractivity contribution in [2.24, 2.45) is 5.92 Å². The van der Waals surface area contributed by atoms with E-state index in [0.29, 0.717) is 16.8 Å². The Balaban J connectivity index is 0.000000352. The van der Waals surface area contributed by atoms with Crippen LogP contribution in [0.3, 0.4) is 0 Å². The summed E-state index contributed by atoms with van der Waals surface area (Å²) in [5, 5.41) is 0.177. The quantitative estimate of drug-likeness (QED) is 0.584. The molecule has 2 aliphatic heterocycles. The lowest BCUT2D eigenvalue weighted by Crippen LogP contribution is -2.17. The third kappa shape index (κ3) is 6.79. The van der Waals surface area contributed by atoms with Gasteiger partial charge in [0.1, 0.15) is 10.4 Å². The molecule has 0 amide bonds. The average Bonchev–Trinajstić information content (AvgIpc) is 3.05. The van der Waals surface area contributed by atoms with Gasteiger partial charge in [-0.15, -0.1) is 0 Å². The molecular formula is C10H16O3S4. The predicted molar refractivity (Wildman–Crippen MR) is 80.2 cm³/mol. The zero-order chi connectivity index (χ0) is 12.8. The summed E-state index contributed by atoms with van der Waals surface area (Å²) in [4.78, 5) is 32.0. The minimum atomic E-state index is -0.00116. The molecule has 2 rings (SSSR count). The average molecular weight is 313 g/mol. The highest BCUT2D eigenvalue weighted by molar-refractivity contribution is 8.93. The van der Waals surface area contributed by atoms with Gasteiger partial charge >= 0.3 is 0 Å². The Bertz CT molecular complexity index is 320. The number of hydrogen-bond donors (Lipinski definition) is 0. The van der Waals surface area contributed by atoms with E-state index in [2.05, 4.69) is 0 Å². The van der Waals surface area contributed by atoms with Gasteiger partial charge in [-0.05, 0) is 31.1 Å². The second kappa shape index (κ2) is 7.76. The van der Waals surface area contributed by atoms with Gasteiger partial charge in [0, 0.05) is 19.5 Å². The summed E-state index contributed by atoms with van der Waals surface area (Å²) in [6.07, 6.45) is 1.31. The highest BCUT2D eigenvalue weighted by Crippen LogP contribution is 2.53. The van der Waals surface area contributed by atoms with Crippen molar-refractivity contribution in [3.63, 3.8) is 0 Å². The van der Waals surface area contributed by atoms with Crippen LogP contribution < -0.4 is 0 Å². The highest BCUT2D eigenvalue weighted by Gasteiger charge is 2.28. The van der Waals surface area contributed by atoms with Crippen LogP contribution in [0.5, 0.6) is 0 Å². The first-order valence-electron chi connectivity index (χ1n) is 5.16. The van der Waals surface area contributed by atoms with E-state index in [0.717, 1.165) is 12.2 Å². The second-order valence-corrected chi connectivity index (χ2v) is 8.95. The van der Waals surface area contributed by atoms with Crippen molar-refractivity contribution in [1.82, 2.24) is 0 Å². The molecule has 98 valence electrons. The van der Waals surface area contributed by atoms with Crippen LogP contribution in [0, 0.1) is 5.92 Å². The summed E-state index contributed by atoms with van der Waals surface area (Å²) in [5.41, 5.74) is 0. The molecule has 2 saturated heterocycles. The highest BCUT2D eigenvalue weighted by atomic mass is 33.2. The lowest BCUT2D eigenvalue weighted by Gasteiger charge is -2.17. The Kier molecular flexibility index (Phi) is 7.06. The third-order valence-electron chi connectivity index (χ3n) is 2.08. The maximum absolute atomic E-state index is 11.1. The fraction of sp³-hybridized carbons (Fsp3) is 0.700. The first kappa shape index (κ1) is 15.5. The van der Waals surface area contributed by atoms with E-state index < -0.39 is 0 Å².